The van der Waals surface area contributed by atoms with Crippen molar-refractivity contribution < 1.29 is 9.90 Å². The second-order valence-corrected chi connectivity index (χ2v) is 5.01. The summed E-state index contributed by atoms with van der Waals surface area (Å²) in [6.07, 6.45) is 1.49. The zero-order chi connectivity index (χ0) is 12.3. The molecular formula is C12H20N2O2. The molecule has 0 aliphatic heterocycles. The summed E-state index contributed by atoms with van der Waals surface area (Å²) in [5.41, 5.74) is 2.17. The smallest absolute Gasteiger partial charge is 0.303 e. The summed E-state index contributed by atoms with van der Waals surface area (Å²) in [5, 5.41) is 8.63. The topological polar surface area (TPSA) is 66.0 Å². The Morgan fingerprint density at radius 1 is 1.44 bits per heavy atom. The van der Waals surface area contributed by atoms with Crippen LogP contribution < -0.4 is 0 Å². The summed E-state index contributed by atoms with van der Waals surface area (Å²) in [5.74, 6) is -0.00377. The standard InChI is InChI=1S/C12H20N2O2/c1-5-8-11(12(2,3)4)14-9(13-8)6-7-10(15)16/h5-7H2,1-4H3,(H,13,14)(H,15,16). The monoisotopic (exact) mass is 224 g/mol. The number of aromatic amines is 1. The van der Waals surface area contributed by atoms with Gasteiger partial charge in [-0.3, -0.25) is 4.79 Å². The van der Waals surface area contributed by atoms with Crippen molar-refractivity contribution >= 4 is 5.97 Å². The van der Waals surface area contributed by atoms with E-state index in [1.165, 1.54) is 0 Å². The molecule has 1 aromatic rings. The molecule has 4 heteroatoms. The van der Waals surface area contributed by atoms with Gasteiger partial charge in [-0.05, 0) is 6.42 Å². The molecule has 0 saturated heterocycles. The highest BCUT2D eigenvalue weighted by molar-refractivity contribution is 5.66. The van der Waals surface area contributed by atoms with Crippen LogP contribution in [0.4, 0.5) is 0 Å². The van der Waals surface area contributed by atoms with Crippen LogP contribution in [0.5, 0.6) is 0 Å². The number of hydrogen-bond donors (Lipinski definition) is 2. The van der Waals surface area contributed by atoms with Crippen LogP contribution in [0.2, 0.25) is 0 Å². The summed E-state index contributed by atoms with van der Waals surface area (Å²) < 4.78 is 0. The third-order valence-corrected chi connectivity index (χ3v) is 2.47. The van der Waals surface area contributed by atoms with Gasteiger partial charge < -0.3 is 10.1 Å². The Morgan fingerprint density at radius 3 is 2.44 bits per heavy atom. The van der Waals surface area contributed by atoms with Gasteiger partial charge in [-0.2, -0.15) is 0 Å². The first-order valence-electron chi connectivity index (χ1n) is 5.64. The summed E-state index contributed by atoms with van der Waals surface area (Å²) in [4.78, 5) is 18.2. The fourth-order valence-corrected chi connectivity index (χ4v) is 1.68. The third-order valence-electron chi connectivity index (χ3n) is 2.47. The molecule has 0 spiro atoms. The van der Waals surface area contributed by atoms with Crippen LogP contribution in [0.15, 0.2) is 0 Å². The average molecular weight is 224 g/mol. The lowest BCUT2D eigenvalue weighted by atomic mass is 9.90. The van der Waals surface area contributed by atoms with Crippen molar-refractivity contribution in [2.24, 2.45) is 0 Å². The van der Waals surface area contributed by atoms with Gasteiger partial charge in [-0.15, -0.1) is 0 Å². The van der Waals surface area contributed by atoms with E-state index in [-0.39, 0.29) is 11.8 Å². The first-order valence-corrected chi connectivity index (χ1v) is 5.64. The number of rotatable bonds is 4. The minimum absolute atomic E-state index is 0.00329. The average Bonchev–Trinajstić information content (AvgIpc) is 2.57. The minimum atomic E-state index is -0.785. The van der Waals surface area contributed by atoms with Crippen LogP contribution in [0, 0.1) is 0 Å². The van der Waals surface area contributed by atoms with Gasteiger partial charge in [0.25, 0.3) is 0 Å². The van der Waals surface area contributed by atoms with Crippen molar-refractivity contribution in [3.63, 3.8) is 0 Å². The van der Waals surface area contributed by atoms with Crippen LogP contribution in [-0.4, -0.2) is 21.0 Å². The van der Waals surface area contributed by atoms with Crippen molar-refractivity contribution in [3.8, 4) is 0 Å². The Morgan fingerprint density at radius 2 is 2.06 bits per heavy atom. The molecule has 2 N–H and O–H groups in total. The lowest BCUT2D eigenvalue weighted by Gasteiger charge is -2.16. The number of carboxylic acids is 1. The van der Waals surface area contributed by atoms with E-state index in [4.69, 9.17) is 5.11 Å². The Balaban J connectivity index is 2.90. The summed E-state index contributed by atoms with van der Waals surface area (Å²) in [7, 11) is 0. The molecule has 0 saturated carbocycles. The van der Waals surface area contributed by atoms with E-state index < -0.39 is 5.97 Å². The highest BCUT2D eigenvalue weighted by atomic mass is 16.4. The van der Waals surface area contributed by atoms with Crippen molar-refractivity contribution in [2.45, 2.75) is 52.4 Å². The highest BCUT2D eigenvalue weighted by Crippen LogP contribution is 2.24. The number of aromatic nitrogens is 2. The first-order chi connectivity index (χ1) is 7.34. The number of nitrogens with zero attached hydrogens (tertiary/aromatic N) is 1. The summed E-state index contributed by atoms with van der Waals surface area (Å²) in [6.45, 7) is 8.42. The van der Waals surface area contributed by atoms with Gasteiger partial charge in [-0.1, -0.05) is 27.7 Å². The molecule has 0 unspecified atom stereocenters. The van der Waals surface area contributed by atoms with Gasteiger partial charge in [-0.25, -0.2) is 4.98 Å². The first kappa shape index (κ1) is 12.7. The van der Waals surface area contributed by atoms with Crippen LogP contribution in [0.25, 0.3) is 0 Å². The second kappa shape index (κ2) is 4.68. The van der Waals surface area contributed by atoms with Gasteiger partial charge >= 0.3 is 5.97 Å². The maximum Gasteiger partial charge on any atom is 0.303 e. The number of aryl methyl sites for hydroxylation is 2. The van der Waals surface area contributed by atoms with E-state index in [9.17, 15) is 4.79 Å². The van der Waals surface area contributed by atoms with Gasteiger partial charge in [0.15, 0.2) is 0 Å². The molecule has 0 aromatic carbocycles. The van der Waals surface area contributed by atoms with Gasteiger partial charge in [0.2, 0.25) is 0 Å². The van der Waals surface area contributed by atoms with Crippen LogP contribution in [-0.2, 0) is 23.1 Å². The SMILES string of the molecule is CCc1[nH]c(CCC(=O)O)nc1C(C)(C)C. The van der Waals surface area contributed by atoms with Crippen LogP contribution in [0.3, 0.4) is 0 Å². The van der Waals surface area contributed by atoms with Crippen molar-refractivity contribution in [2.75, 3.05) is 0 Å². The van der Waals surface area contributed by atoms with Crippen LogP contribution >= 0.6 is 0 Å². The second-order valence-electron chi connectivity index (χ2n) is 5.01. The Bertz CT molecular complexity index is 375. The molecule has 0 radical (unpaired) electrons. The quantitative estimate of drug-likeness (QED) is 0.824. The third kappa shape index (κ3) is 3.08. The van der Waals surface area contributed by atoms with Crippen molar-refractivity contribution in [3.05, 3.63) is 17.2 Å². The number of nitrogens with one attached hydrogen (secondary N) is 1. The number of hydrogen-bond acceptors (Lipinski definition) is 2. The number of imidazole rings is 1. The maximum atomic E-state index is 10.5. The molecule has 0 aliphatic rings. The predicted octanol–water partition coefficient (Wildman–Crippen LogP) is 2.29. The fraction of sp³-hybridized carbons (Fsp3) is 0.667. The molecule has 16 heavy (non-hydrogen) atoms. The molecule has 1 heterocycles. The maximum absolute atomic E-state index is 10.5. The van der Waals surface area contributed by atoms with Gasteiger partial charge in [0, 0.05) is 17.5 Å². The molecule has 90 valence electrons. The zero-order valence-corrected chi connectivity index (χ0v) is 10.4. The number of H-pyrrole nitrogens is 1. The Hall–Kier alpha value is -1.32. The summed E-state index contributed by atoms with van der Waals surface area (Å²) in [6, 6.07) is 0. The summed E-state index contributed by atoms with van der Waals surface area (Å²) >= 11 is 0. The van der Waals surface area contributed by atoms with Gasteiger partial charge in [0.05, 0.1) is 12.1 Å². The Kier molecular flexibility index (Phi) is 3.73. The predicted molar refractivity (Wildman–Crippen MR) is 62.6 cm³/mol. The van der Waals surface area contributed by atoms with Crippen LogP contribution in [0.1, 0.15) is 51.3 Å². The van der Waals surface area contributed by atoms with E-state index in [1.54, 1.807) is 0 Å². The molecule has 0 amide bonds. The molecule has 4 nitrogen and oxygen atoms in total. The van der Waals surface area contributed by atoms with E-state index in [0.717, 1.165) is 23.6 Å². The van der Waals surface area contributed by atoms with E-state index in [1.807, 2.05) is 0 Å². The van der Waals surface area contributed by atoms with Gasteiger partial charge in [0.1, 0.15) is 5.82 Å². The largest absolute Gasteiger partial charge is 0.481 e. The molecule has 1 rings (SSSR count). The number of carbonyl (C=O) groups is 1. The molecule has 1 aromatic heterocycles. The lowest BCUT2D eigenvalue weighted by Crippen LogP contribution is -2.14. The highest BCUT2D eigenvalue weighted by Gasteiger charge is 2.21. The van der Waals surface area contributed by atoms with E-state index in [2.05, 4.69) is 37.7 Å². The molecule has 0 aliphatic carbocycles. The van der Waals surface area contributed by atoms with E-state index >= 15 is 0 Å². The fourth-order valence-electron chi connectivity index (χ4n) is 1.68. The minimum Gasteiger partial charge on any atom is -0.481 e. The van der Waals surface area contributed by atoms with Crippen molar-refractivity contribution in [1.29, 1.82) is 0 Å². The zero-order valence-electron chi connectivity index (χ0n) is 10.4. The van der Waals surface area contributed by atoms with Crippen molar-refractivity contribution in [1.82, 2.24) is 9.97 Å². The molecular weight excluding hydrogens is 204 g/mol. The number of carboxylic acid groups (broad SMARTS) is 1. The normalized spacial score (nSPS) is 11.8. The number of aliphatic carboxylic acids is 1. The molecule has 0 bridgehead atoms. The lowest BCUT2D eigenvalue weighted by molar-refractivity contribution is -0.137. The molecule has 0 atom stereocenters. The van der Waals surface area contributed by atoms with E-state index in [0.29, 0.717) is 6.42 Å². The Labute approximate surface area is 96.1 Å². The molecule has 0 fully saturated rings.